The molecule has 5 heteroatoms. The van der Waals surface area contributed by atoms with Crippen molar-refractivity contribution in [2.45, 2.75) is 39.3 Å². The zero-order chi connectivity index (χ0) is 15.6. The van der Waals surface area contributed by atoms with Crippen LogP contribution in [-0.4, -0.2) is 29.3 Å². The largest absolute Gasteiger partial charge is 0.344 e. The number of hydrogen-bond donors (Lipinski definition) is 1. The molecule has 21 heavy (non-hydrogen) atoms. The number of carbonyl (C=O) groups is 2. The van der Waals surface area contributed by atoms with Gasteiger partial charge in [0.15, 0.2) is 0 Å². The maximum Gasteiger partial charge on any atom is 0.245 e. The van der Waals surface area contributed by atoms with Crippen molar-refractivity contribution in [2.75, 3.05) is 6.54 Å². The third kappa shape index (κ3) is 3.40. The summed E-state index contributed by atoms with van der Waals surface area (Å²) in [7, 11) is 0. The average molecular weight is 292 g/mol. The highest BCUT2D eigenvalue weighted by Gasteiger charge is 2.34. The van der Waals surface area contributed by atoms with Gasteiger partial charge in [0.1, 0.15) is 11.9 Å². The molecule has 1 fully saturated rings. The average Bonchev–Trinajstić information content (AvgIpc) is 2.58. The molecule has 2 atom stereocenters. The Hall–Kier alpha value is -1.91. The van der Waals surface area contributed by atoms with Crippen LogP contribution in [-0.2, 0) is 9.59 Å². The predicted octanol–water partition coefficient (Wildman–Crippen LogP) is 2.26. The fourth-order valence-electron chi connectivity index (χ4n) is 2.60. The molecule has 1 aliphatic rings. The standard InChI is InChI=1S/C16H21FN2O2/c1-10(2)15-16(21)19(8-7-14(20)18-15)11(3)12-5-4-6-13(17)9-12/h4-6,9-11,15H,7-8H2,1-3H3,(H,18,20). The van der Waals surface area contributed by atoms with Crippen LogP contribution in [0.3, 0.4) is 0 Å². The molecule has 2 amide bonds. The van der Waals surface area contributed by atoms with Crippen LogP contribution in [0.4, 0.5) is 4.39 Å². The zero-order valence-electron chi connectivity index (χ0n) is 12.6. The van der Waals surface area contributed by atoms with Crippen molar-refractivity contribution >= 4 is 11.8 Å². The summed E-state index contributed by atoms with van der Waals surface area (Å²) in [5, 5.41) is 2.77. The van der Waals surface area contributed by atoms with Gasteiger partial charge in [-0.2, -0.15) is 0 Å². The van der Waals surface area contributed by atoms with E-state index in [1.54, 1.807) is 17.0 Å². The smallest absolute Gasteiger partial charge is 0.245 e. The van der Waals surface area contributed by atoms with Gasteiger partial charge in [-0.25, -0.2) is 4.39 Å². The molecule has 1 saturated heterocycles. The maximum absolute atomic E-state index is 13.4. The summed E-state index contributed by atoms with van der Waals surface area (Å²) < 4.78 is 13.4. The van der Waals surface area contributed by atoms with Crippen molar-refractivity contribution < 1.29 is 14.0 Å². The van der Waals surface area contributed by atoms with Gasteiger partial charge in [0, 0.05) is 13.0 Å². The quantitative estimate of drug-likeness (QED) is 0.929. The van der Waals surface area contributed by atoms with Crippen molar-refractivity contribution in [1.29, 1.82) is 0 Å². The van der Waals surface area contributed by atoms with Crippen LogP contribution in [0.15, 0.2) is 24.3 Å². The molecule has 0 saturated carbocycles. The minimum Gasteiger partial charge on any atom is -0.344 e. The van der Waals surface area contributed by atoms with Crippen molar-refractivity contribution in [1.82, 2.24) is 10.2 Å². The summed E-state index contributed by atoms with van der Waals surface area (Å²) in [6.45, 7) is 6.02. The van der Waals surface area contributed by atoms with E-state index < -0.39 is 6.04 Å². The van der Waals surface area contributed by atoms with Gasteiger partial charge in [-0.3, -0.25) is 9.59 Å². The van der Waals surface area contributed by atoms with E-state index in [1.807, 2.05) is 20.8 Å². The molecule has 1 N–H and O–H groups in total. The Morgan fingerprint density at radius 2 is 2.00 bits per heavy atom. The second-order valence-electron chi connectivity index (χ2n) is 5.80. The Bertz CT molecular complexity index is 545. The fourth-order valence-corrected chi connectivity index (χ4v) is 2.60. The first-order valence-electron chi connectivity index (χ1n) is 7.25. The maximum atomic E-state index is 13.4. The van der Waals surface area contributed by atoms with Crippen molar-refractivity contribution in [3.05, 3.63) is 35.6 Å². The minimum absolute atomic E-state index is 0.0155. The number of hydrogen-bond acceptors (Lipinski definition) is 2. The Morgan fingerprint density at radius 3 is 2.62 bits per heavy atom. The summed E-state index contributed by atoms with van der Waals surface area (Å²) >= 11 is 0. The van der Waals surface area contributed by atoms with Crippen LogP contribution in [0.25, 0.3) is 0 Å². The summed E-state index contributed by atoms with van der Waals surface area (Å²) in [4.78, 5) is 26.1. The van der Waals surface area contributed by atoms with E-state index in [9.17, 15) is 14.0 Å². The number of rotatable bonds is 3. The van der Waals surface area contributed by atoms with E-state index >= 15 is 0 Å². The Labute approximate surface area is 124 Å². The number of halogens is 1. The molecule has 2 rings (SSSR count). The molecule has 0 aliphatic carbocycles. The second kappa shape index (κ2) is 6.24. The molecule has 114 valence electrons. The highest BCUT2D eigenvalue weighted by atomic mass is 19.1. The van der Waals surface area contributed by atoms with Gasteiger partial charge >= 0.3 is 0 Å². The third-order valence-electron chi connectivity index (χ3n) is 3.91. The van der Waals surface area contributed by atoms with Crippen LogP contribution >= 0.6 is 0 Å². The van der Waals surface area contributed by atoms with E-state index in [1.165, 1.54) is 12.1 Å². The Kier molecular flexibility index (Phi) is 4.60. The lowest BCUT2D eigenvalue weighted by Crippen LogP contribution is -2.48. The van der Waals surface area contributed by atoms with Crippen molar-refractivity contribution in [3.63, 3.8) is 0 Å². The van der Waals surface area contributed by atoms with Crippen LogP contribution in [0.2, 0.25) is 0 Å². The summed E-state index contributed by atoms with van der Waals surface area (Å²) in [6, 6.07) is 5.46. The number of nitrogens with one attached hydrogen (secondary N) is 1. The normalized spacial score (nSPS) is 21.2. The molecule has 1 aromatic rings. The van der Waals surface area contributed by atoms with Crippen LogP contribution in [0.1, 0.15) is 38.8 Å². The van der Waals surface area contributed by atoms with Gasteiger partial charge in [-0.1, -0.05) is 26.0 Å². The fraction of sp³-hybridized carbons (Fsp3) is 0.500. The molecule has 2 unspecified atom stereocenters. The van der Waals surface area contributed by atoms with Gasteiger partial charge in [-0.15, -0.1) is 0 Å². The lowest BCUT2D eigenvalue weighted by atomic mass is 10.0. The first-order valence-corrected chi connectivity index (χ1v) is 7.25. The molecule has 1 aromatic carbocycles. The van der Waals surface area contributed by atoms with E-state index in [2.05, 4.69) is 5.32 Å². The van der Waals surface area contributed by atoms with Crippen LogP contribution in [0.5, 0.6) is 0 Å². The third-order valence-corrected chi connectivity index (χ3v) is 3.91. The predicted molar refractivity (Wildman–Crippen MR) is 77.9 cm³/mol. The Morgan fingerprint density at radius 1 is 1.29 bits per heavy atom. The van der Waals surface area contributed by atoms with Gasteiger partial charge in [0.25, 0.3) is 0 Å². The highest BCUT2D eigenvalue weighted by Crippen LogP contribution is 2.24. The topological polar surface area (TPSA) is 49.4 Å². The molecule has 0 radical (unpaired) electrons. The molecule has 0 aromatic heterocycles. The number of amides is 2. The van der Waals surface area contributed by atoms with E-state index in [-0.39, 0.29) is 36.0 Å². The monoisotopic (exact) mass is 292 g/mol. The SMILES string of the molecule is CC(C)C1NC(=O)CCN(C(C)c2cccc(F)c2)C1=O. The first kappa shape index (κ1) is 15.5. The molecule has 1 aliphatic heterocycles. The van der Waals surface area contributed by atoms with E-state index in [4.69, 9.17) is 0 Å². The minimum atomic E-state index is -0.518. The molecule has 1 heterocycles. The second-order valence-corrected chi connectivity index (χ2v) is 5.80. The van der Waals surface area contributed by atoms with Crippen molar-refractivity contribution in [2.24, 2.45) is 5.92 Å². The Balaban J connectivity index is 2.28. The summed E-state index contributed by atoms with van der Waals surface area (Å²) in [5.41, 5.74) is 0.736. The highest BCUT2D eigenvalue weighted by molar-refractivity contribution is 5.90. The lowest BCUT2D eigenvalue weighted by Gasteiger charge is -2.31. The van der Waals surface area contributed by atoms with E-state index in [0.717, 1.165) is 5.56 Å². The van der Waals surface area contributed by atoms with Crippen molar-refractivity contribution in [3.8, 4) is 0 Å². The van der Waals surface area contributed by atoms with Gasteiger partial charge < -0.3 is 10.2 Å². The number of nitrogens with zero attached hydrogens (tertiary/aromatic N) is 1. The molecular weight excluding hydrogens is 271 g/mol. The summed E-state index contributed by atoms with van der Waals surface area (Å²) in [6.07, 6.45) is 0.272. The number of carbonyl (C=O) groups excluding carboxylic acids is 2. The lowest BCUT2D eigenvalue weighted by molar-refractivity contribution is -0.136. The van der Waals surface area contributed by atoms with Gasteiger partial charge in [-0.05, 0) is 30.5 Å². The summed E-state index contributed by atoms with van der Waals surface area (Å²) in [5.74, 6) is -0.526. The van der Waals surface area contributed by atoms with E-state index in [0.29, 0.717) is 6.54 Å². The van der Waals surface area contributed by atoms with Gasteiger partial charge in [0.2, 0.25) is 11.8 Å². The molecule has 0 spiro atoms. The molecular formula is C16H21FN2O2. The van der Waals surface area contributed by atoms with Gasteiger partial charge in [0.05, 0.1) is 6.04 Å². The van der Waals surface area contributed by atoms with Crippen LogP contribution < -0.4 is 5.32 Å². The zero-order valence-corrected chi connectivity index (χ0v) is 12.6. The molecule has 4 nitrogen and oxygen atoms in total. The first-order chi connectivity index (χ1) is 9.90. The molecule has 0 bridgehead atoms. The number of benzene rings is 1. The van der Waals surface area contributed by atoms with Crippen LogP contribution in [0, 0.1) is 11.7 Å².